The van der Waals surface area contributed by atoms with E-state index in [2.05, 4.69) is 13.1 Å². The van der Waals surface area contributed by atoms with Gasteiger partial charge in [-0.15, -0.1) is 0 Å². The van der Waals surface area contributed by atoms with Crippen LogP contribution in [0, 0.1) is 0 Å². The molecule has 0 aromatic carbocycles. The second kappa shape index (κ2) is 9.06. The van der Waals surface area contributed by atoms with Crippen LogP contribution in [0.4, 0.5) is 0 Å². The normalized spacial score (nSPS) is 4.50. The third kappa shape index (κ3) is 12.6. The minimum absolute atomic E-state index is 0. The molecule has 0 aliphatic carbocycles. The molecule has 21 valence electrons. The zero-order valence-corrected chi connectivity index (χ0v) is 6.18. The maximum absolute atomic E-state index is 2.26. The minimum Gasteiger partial charge on any atom is -0.0750 e. The van der Waals surface area contributed by atoms with Gasteiger partial charge in [0.15, 0.2) is 0 Å². The molecule has 0 aliphatic rings. The van der Waals surface area contributed by atoms with E-state index in [4.69, 9.17) is 0 Å². The molecule has 0 amide bonds. The van der Waals surface area contributed by atoms with Crippen molar-refractivity contribution in [3.8, 4) is 0 Å². The van der Waals surface area contributed by atoms with E-state index in [9.17, 15) is 0 Å². The molecule has 1 radical (unpaired) electrons. The molecule has 2 heteroatoms. The fraction of sp³-hybridized carbons (Fsp3) is 1.00. The second-order valence-corrected chi connectivity index (χ2v) is 2.12. The van der Waals surface area contributed by atoms with Crippen LogP contribution in [0.25, 0.3) is 0 Å². The predicted molar refractivity (Wildman–Crippen MR) is 20.3 cm³/mol. The predicted octanol–water partition coefficient (Wildman–Crippen LogP) is 0.249. The van der Waals surface area contributed by atoms with Crippen LogP contribution in [0.2, 0.25) is 13.1 Å². The maximum Gasteiger partial charge on any atom is 3.00 e. The van der Waals surface area contributed by atoms with Gasteiger partial charge in [-0.05, 0) is 0 Å². The van der Waals surface area contributed by atoms with Crippen molar-refractivity contribution >= 4 is 9.52 Å². The molecule has 4 heavy (non-hydrogen) atoms. The number of rotatable bonds is 0. The Kier molecular flexibility index (Phi) is 20.1. The molecule has 0 spiro atoms. The van der Waals surface area contributed by atoms with Crippen molar-refractivity contribution in [2.75, 3.05) is 0 Å². The maximum atomic E-state index is 2.26. The molecule has 0 fully saturated rings. The summed E-state index contributed by atoms with van der Waals surface area (Å²) in [4.78, 5) is 0. The zero-order chi connectivity index (χ0) is 2.71. The Bertz CT molecular complexity index is 6.00. The molecular weight excluding hydrogens is 100.0 g/mol. The summed E-state index contributed by atoms with van der Waals surface area (Å²) in [6, 6.07) is 0. The monoisotopic (exact) mass is 108 g/mol. The van der Waals surface area contributed by atoms with Gasteiger partial charge >= 0.3 is 21.7 Å². The van der Waals surface area contributed by atoms with Crippen molar-refractivity contribution < 1.29 is 21.7 Å². The van der Waals surface area contributed by atoms with Gasteiger partial charge in [0.2, 0.25) is 0 Å². The van der Waals surface area contributed by atoms with Crippen molar-refractivity contribution in [2.45, 2.75) is 13.1 Å². The van der Waals surface area contributed by atoms with Gasteiger partial charge in [-0.2, -0.15) is 0 Å². The van der Waals surface area contributed by atoms with Gasteiger partial charge in [-0.1, -0.05) is 13.1 Å². The summed E-state index contributed by atoms with van der Waals surface area (Å²) < 4.78 is 0. The summed E-state index contributed by atoms with van der Waals surface area (Å²) in [5.41, 5.74) is 0. The average molecular weight is 108 g/mol. The van der Waals surface area contributed by atoms with E-state index in [1.807, 2.05) is 0 Å². The largest absolute Gasteiger partial charge is 3.00 e. The van der Waals surface area contributed by atoms with Crippen molar-refractivity contribution in [1.82, 2.24) is 0 Å². The topological polar surface area (TPSA) is 0 Å². The summed E-state index contributed by atoms with van der Waals surface area (Å²) in [7, 11) is 0.417. The van der Waals surface area contributed by atoms with E-state index in [0.29, 0.717) is 9.52 Å². The molecular formula is C2H8SiTi+3. The van der Waals surface area contributed by atoms with Crippen LogP contribution >= 0.6 is 0 Å². The first-order valence-corrected chi connectivity index (χ1v) is 4.24. The summed E-state index contributed by atoms with van der Waals surface area (Å²) in [5, 5.41) is 0. The van der Waals surface area contributed by atoms with Gasteiger partial charge in [0, 0.05) is 9.52 Å². The Morgan fingerprint density at radius 3 is 1.25 bits per heavy atom. The summed E-state index contributed by atoms with van der Waals surface area (Å²) in [6.07, 6.45) is 0. The van der Waals surface area contributed by atoms with Crippen molar-refractivity contribution in [1.29, 1.82) is 0 Å². The first-order chi connectivity index (χ1) is 1.41. The van der Waals surface area contributed by atoms with Crippen LogP contribution < -0.4 is 0 Å². The van der Waals surface area contributed by atoms with Gasteiger partial charge in [0.05, 0.1) is 0 Å². The van der Waals surface area contributed by atoms with E-state index in [0.717, 1.165) is 0 Å². The Hall–Kier alpha value is 0.931. The SMILES string of the molecule is C[SiH2]C.[Ti+3]. The Balaban J connectivity index is 0. The van der Waals surface area contributed by atoms with Gasteiger partial charge < -0.3 is 0 Å². The summed E-state index contributed by atoms with van der Waals surface area (Å²) in [6.45, 7) is 4.53. The van der Waals surface area contributed by atoms with Crippen LogP contribution in [-0.4, -0.2) is 9.52 Å². The van der Waals surface area contributed by atoms with Crippen molar-refractivity contribution in [3.05, 3.63) is 0 Å². The van der Waals surface area contributed by atoms with E-state index in [1.54, 1.807) is 0 Å². The molecule has 0 unspecified atom stereocenters. The van der Waals surface area contributed by atoms with E-state index in [-0.39, 0.29) is 21.7 Å². The first kappa shape index (κ1) is 8.87. The molecule has 0 aromatic heterocycles. The molecule has 0 aromatic rings. The molecule has 0 aliphatic heterocycles. The fourth-order valence-corrected chi connectivity index (χ4v) is 0. The molecule has 0 atom stereocenters. The molecule has 0 nitrogen and oxygen atoms in total. The minimum atomic E-state index is 0. The smallest absolute Gasteiger partial charge is 0.0750 e. The summed E-state index contributed by atoms with van der Waals surface area (Å²) >= 11 is 0. The average Bonchev–Trinajstić information content (AvgIpc) is 0.918. The van der Waals surface area contributed by atoms with Crippen LogP contribution in [-0.2, 0) is 21.7 Å². The second-order valence-electron chi connectivity index (χ2n) is 0.707. The molecule has 0 bridgehead atoms. The Morgan fingerprint density at radius 2 is 1.25 bits per heavy atom. The van der Waals surface area contributed by atoms with Crippen molar-refractivity contribution in [2.24, 2.45) is 0 Å². The first-order valence-electron chi connectivity index (χ1n) is 1.41. The van der Waals surface area contributed by atoms with E-state index < -0.39 is 0 Å². The van der Waals surface area contributed by atoms with Gasteiger partial charge in [-0.3, -0.25) is 0 Å². The van der Waals surface area contributed by atoms with Crippen molar-refractivity contribution in [3.63, 3.8) is 0 Å². The Morgan fingerprint density at radius 1 is 1.25 bits per heavy atom. The number of hydrogen-bond acceptors (Lipinski definition) is 0. The van der Waals surface area contributed by atoms with E-state index >= 15 is 0 Å². The van der Waals surface area contributed by atoms with Crippen LogP contribution in [0.15, 0.2) is 0 Å². The number of hydrogen-bond donors (Lipinski definition) is 0. The standard InChI is InChI=1S/C2H8Si.Ti/c1-3-2;/h3H2,1-2H3;/q;+3. The van der Waals surface area contributed by atoms with Crippen LogP contribution in [0.1, 0.15) is 0 Å². The van der Waals surface area contributed by atoms with E-state index in [1.165, 1.54) is 0 Å². The third-order valence-electron chi connectivity index (χ3n) is 0. The van der Waals surface area contributed by atoms with Gasteiger partial charge in [0.1, 0.15) is 0 Å². The fourth-order valence-electron chi connectivity index (χ4n) is 0. The summed E-state index contributed by atoms with van der Waals surface area (Å²) in [5.74, 6) is 0. The Labute approximate surface area is 44.7 Å². The molecule has 0 saturated heterocycles. The molecule has 0 rings (SSSR count). The molecule has 0 heterocycles. The van der Waals surface area contributed by atoms with Gasteiger partial charge in [-0.25, -0.2) is 0 Å². The zero-order valence-electron chi connectivity index (χ0n) is 3.21. The third-order valence-corrected chi connectivity index (χ3v) is 0. The van der Waals surface area contributed by atoms with Gasteiger partial charge in [0.25, 0.3) is 0 Å². The van der Waals surface area contributed by atoms with Crippen LogP contribution in [0.3, 0.4) is 0 Å². The van der Waals surface area contributed by atoms with Crippen LogP contribution in [0.5, 0.6) is 0 Å². The molecule has 0 N–H and O–H groups in total. The quantitative estimate of drug-likeness (QED) is 0.390. The molecule has 0 saturated carbocycles.